The van der Waals surface area contributed by atoms with Crippen LogP contribution in [0.15, 0.2) is 29.2 Å². The van der Waals surface area contributed by atoms with E-state index in [9.17, 15) is 13.5 Å². The molecule has 1 unspecified atom stereocenters. The molecule has 6 heteroatoms. The molecular weight excluding hydrogens is 290 g/mol. The van der Waals surface area contributed by atoms with Gasteiger partial charge in [-0.3, -0.25) is 0 Å². The van der Waals surface area contributed by atoms with E-state index in [0.29, 0.717) is 18.6 Å². The molecule has 0 radical (unpaired) electrons. The highest BCUT2D eigenvalue weighted by Crippen LogP contribution is 2.20. The summed E-state index contributed by atoms with van der Waals surface area (Å²) in [6.07, 6.45) is -0.117. The lowest BCUT2D eigenvalue weighted by molar-refractivity contribution is -0.00515. The maximum absolute atomic E-state index is 12.3. The molecule has 0 fully saturated rings. The molecule has 0 bridgehead atoms. The summed E-state index contributed by atoms with van der Waals surface area (Å²) in [6, 6.07) is 6.37. The number of ether oxygens (including phenoxy) is 1. The Labute approximate surface area is 127 Å². The van der Waals surface area contributed by atoms with Crippen LogP contribution in [-0.2, 0) is 14.8 Å². The zero-order valence-electron chi connectivity index (χ0n) is 13.1. The summed E-state index contributed by atoms with van der Waals surface area (Å²) in [4.78, 5) is 0.153. The molecule has 0 aliphatic heterocycles. The lowest BCUT2D eigenvalue weighted by Crippen LogP contribution is -2.40. The van der Waals surface area contributed by atoms with Crippen molar-refractivity contribution in [3.8, 4) is 0 Å². The minimum atomic E-state index is -3.62. The van der Waals surface area contributed by atoms with Crippen molar-refractivity contribution in [3.63, 3.8) is 0 Å². The van der Waals surface area contributed by atoms with Gasteiger partial charge in [0.25, 0.3) is 0 Å². The molecule has 0 aliphatic carbocycles. The lowest BCUT2D eigenvalue weighted by Gasteiger charge is -2.24. The van der Waals surface area contributed by atoms with Crippen molar-refractivity contribution < 1.29 is 18.3 Å². The third-order valence-corrected chi connectivity index (χ3v) is 4.56. The summed E-state index contributed by atoms with van der Waals surface area (Å²) >= 11 is 0. The molecule has 1 rings (SSSR count). The second-order valence-electron chi connectivity index (χ2n) is 5.51. The van der Waals surface area contributed by atoms with Gasteiger partial charge in [-0.2, -0.15) is 0 Å². The quantitative estimate of drug-likeness (QED) is 0.771. The first-order valence-electron chi connectivity index (χ1n) is 7.13. The fourth-order valence-corrected chi connectivity index (χ4v) is 3.17. The number of aliphatic hydroxyl groups excluding tert-OH is 1. The number of sulfonamides is 1. The molecule has 0 heterocycles. The van der Waals surface area contributed by atoms with Gasteiger partial charge in [0.1, 0.15) is 0 Å². The van der Waals surface area contributed by atoms with E-state index in [4.69, 9.17) is 4.74 Å². The molecule has 2 N–H and O–H groups in total. The Morgan fingerprint density at radius 1 is 1.33 bits per heavy atom. The molecule has 120 valence electrons. The average molecular weight is 315 g/mol. The Hall–Kier alpha value is -0.950. The monoisotopic (exact) mass is 315 g/mol. The van der Waals surface area contributed by atoms with E-state index < -0.39 is 21.7 Å². The summed E-state index contributed by atoms with van der Waals surface area (Å²) < 4.78 is 32.6. The fourth-order valence-electron chi connectivity index (χ4n) is 1.92. The maximum Gasteiger partial charge on any atom is 0.240 e. The van der Waals surface area contributed by atoms with E-state index in [1.165, 1.54) is 12.1 Å². The molecule has 0 aromatic heterocycles. The SMILES string of the molecule is CCOC(C)(C)CNS(=O)(=O)c1cccc(C(O)CC)c1. The molecule has 5 nitrogen and oxygen atoms in total. The molecular formula is C15H25NO4S. The van der Waals surface area contributed by atoms with Gasteiger partial charge in [0.15, 0.2) is 0 Å². The van der Waals surface area contributed by atoms with Gasteiger partial charge in [0, 0.05) is 13.2 Å². The van der Waals surface area contributed by atoms with Gasteiger partial charge >= 0.3 is 0 Å². The highest BCUT2D eigenvalue weighted by Gasteiger charge is 2.23. The van der Waals surface area contributed by atoms with E-state index in [2.05, 4.69) is 4.72 Å². The molecule has 0 amide bonds. The number of hydrogen-bond donors (Lipinski definition) is 2. The van der Waals surface area contributed by atoms with Crippen molar-refractivity contribution in [1.82, 2.24) is 4.72 Å². The number of nitrogens with one attached hydrogen (secondary N) is 1. The van der Waals surface area contributed by atoms with Crippen LogP contribution < -0.4 is 4.72 Å². The Balaban J connectivity index is 2.88. The van der Waals surface area contributed by atoms with E-state index >= 15 is 0 Å². The number of benzene rings is 1. The van der Waals surface area contributed by atoms with Crippen LogP contribution in [0.2, 0.25) is 0 Å². The standard InChI is InChI=1S/C15H25NO4S/c1-5-14(17)12-8-7-9-13(10-12)21(18,19)16-11-15(3,4)20-6-2/h7-10,14,16-17H,5-6,11H2,1-4H3. The van der Waals surface area contributed by atoms with Gasteiger partial charge < -0.3 is 9.84 Å². The minimum absolute atomic E-state index is 0.153. The largest absolute Gasteiger partial charge is 0.388 e. The first-order chi connectivity index (χ1) is 9.72. The third kappa shape index (κ3) is 5.39. The first-order valence-corrected chi connectivity index (χ1v) is 8.62. The fraction of sp³-hybridized carbons (Fsp3) is 0.600. The maximum atomic E-state index is 12.3. The van der Waals surface area contributed by atoms with E-state index in [-0.39, 0.29) is 11.4 Å². The first kappa shape index (κ1) is 18.1. The third-order valence-electron chi connectivity index (χ3n) is 3.16. The van der Waals surface area contributed by atoms with Crippen molar-refractivity contribution in [1.29, 1.82) is 0 Å². The van der Waals surface area contributed by atoms with Crippen molar-refractivity contribution in [2.24, 2.45) is 0 Å². The number of rotatable bonds is 8. The van der Waals surface area contributed by atoms with Crippen molar-refractivity contribution in [3.05, 3.63) is 29.8 Å². The molecule has 1 aromatic carbocycles. The molecule has 0 spiro atoms. The zero-order chi connectivity index (χ0) is 16.1. The molecule has 0 saturated carbocycles. The second kappa shape index (κ2) is 7.35. The van der Waals surface area contributed by atoms with Gasteiger partial charge in [-0.1, -0.05) is 19.1 Å². The molecule has 0 saturated heterocycles. The Morgan fingerprint density at radius 3 is 2.57 bits per heavy atom. The van der Waals surface area contributed by atoms with Gasteiger partial charge in [0.05, 0.1) is 16.6 Å². The zero-order valence-corrected chi connectivity index (χ0v) is 13.9. The van der Waals surface area contributed by atoms with Gasteiger partial charge in [-0.05, 0) is 44.9 Å². The Kier molecular flexibility index (Phi) is 6.34. The summed E-state index contributed by atoms with van der Waals surface area (Å²) in [5.74, 6) is 0. The van der Waals surface area contributed by atoms with Crippen LogP contribution in [0, 0.1) is 0 Å². The smallest absolute Gasteiger partial charge is 0.240 e. The van der Waals surface area contributed by atoms with Crippen molar-refractivity contribution in [2.75, 3.05) is 13.2 Å². The summed E-state index contributed by atoms with van der Waals surface area (Å²) in [6.45, 7) is 8.07. The van der Waals surface area contributed by atoms with Crippen LogP contribution in [-0.4, -0.2) is 32.3 Å². The number of aliphatic hydroxyl groups is 1. The Bertz CT molecular complexity index is 555. The summed E-state index contributed by atoms with van der Waals surface area (Å²) in [5, 5.41) is 9.81. The van der Waals surface area contributed by atoms with Crippen molar-refractivity contribution in [2.45, 2.75) is 50.7 Å². The topological polar surface area (TPSA) is 75.6 Å². The molecule has 21 heavy (non-hydrogen) atoms. The summed E-state index contributed by atoms with van der Waals surface area (Å²) in [7, 11) is -3.62. The van der Waals surface area contributed by atoms with Crippen LogP contribution in [0.1, 0.15) is 45.8 Å². The van der Waals surface area contributed by atoms with Crippen LogP contribution in [0.3, 0.4) is 0 Å². The molecule has 1 aromatic rings. The molecule has 1 atom stereocenters. The van der Waals surface area contributed by atoms with E-state index in [0.717, 1.165) is 0 Å². The minimum Gasteiger partial charge on any atom is -0.388 e. The summed E-state index contributed by atoms with van der Waals surface area (Å²) in [5.41, 5.74) is 0.0342. The van der Waals surface area contributed by atoms with E-state index in [1.54, 1.807) is 12.1 Å². The van der Waals surface area contributed by atoms with Crippen LogP contribution in [0.4, 0.5) is 0 Å². The molecule has 0 aliphatic rings. The highest BCUT2D eigenvalue weighted by molar-refractivity contribution is 7.89. The van der Waals surface area contributed by atoms with Gasteiger partial charge in [-0.15, -0.1) is 0 Å². The van der Waals surface area contributed by atoms with Crippen LogP contribution in [0.5, 0.6) is 0 Å². The van der Waals surface area contributed by atoms with Gasteiger partial charge in [0.2, 0.25) is 10.0 Å². The predicted molar refractivity (Wildman–Crippen MR) is 82.6 cm³/mol. The van der Waals surface area contributed by atoms with Crippen LogP contribution in [0.25, 0.3) is 0 Å². The predicted octanol–water partition coefficient (Wildman–Crippen LogP) is 2.22. The van der Waals surface area contributed by atoms with Crippen molar-refractivity contribution >= 4 is 10.0 Å². The number of hydrogen-bond acceptors (Lipinski definition) is 4. The van der Waals surface area contributed by atoms with Crippen LogP contribution >= 0.6 is 0 Å². The normalized spacial score (nSPS) is 14.1. The lowest BCUT2D eigenvalue weighted by atomic mass is 10.1. The average Bonchev–Trinajstić information content (AvgIpc) is 2.45. The highest BCUT2D eigenvalue weighted by atomic mass is 32.2. The van der Waals surface area contributed by atoms with E-state index in [1.807, 2.05) is 27.7 Å². The Morgan fingerprint density at radius 2 is 2.00 bits per heavy atom. The second-order valence-corrected chi connectivity index (χ2v) is 7.28. The van der Waals surface area contributed by atoms with Gasteiger partial charge in [-0.25, -0.2) is 13.1 Å².